The summed E-state index contributed by atoms with van der Waals surface area (Å²) in [6.45, 7) is 2.08. The van der Waals surface area contributed by atoms with E-state index < -0.39 is 0 Å². The van der Waals surface area contributed by atoms with E-state index in [-0.39, 0.29) is 0 Å². The van der Waals surface area contributed by atoms with E-state index in [1.165, 1.54) is 11.9 Å². The first-order chi connectivity index (χ1) is 5.40. The lowest BCUT2D eigenvalue weighted by molar-refractivity contribution is 0.910. The van der Waals surface area contributed by atoms with E-state index in [1.54, 1.807) is 4.52 Å². The van der Waals surface area contributed by atoms with E-state index in [0.29, 0.717) is 5.78 Å². The number of nitrogens with zero attached hydrogens (tertiary/aromatic N) is 4. The Morgan fingerprint density at radius 1 is 1.45 bits per heavy atom. The summed E-state index contributed by atoms with van der Waals surface area (Å²) in [4.78, 5) is 8.04. The minimum Gasteiger partial charge on any atom is -0.219 e. The van der Waals surface area contributed by atoms with Crippen molar-refractivity contribution in [1.82, 2.24) is 19.6 Å². The fraction of sp³-hybridized carbons (Fsp3) is 0.286. The van der Waals surface area contributed by atoms with Gasteiger partial charge in [0.2, 0.25) is 0 Å². The van der Waals surface area contributed by atoms with Crippen LogP contribution in [0.1, 0.15) is 12.5 Å². The third-order valence-electron chi connectivity index (χ3n) is 1.60. The van der Waals surface area contributed by atoms with Gasteiger partial charge in [-0.15, -0.1) is 0 Å². The lowest BCUT2D eigenvalue weighted by Gasteiger charge is -1.94. The van der Waals surface area contributed by atoms with Gasteiger partial charge < -0.3 is 0 Å². The van der Waals surface area contributed by atoms with Gasteiger partial charge in [-0.3, -0.25) is 0 Å². The van der Waals surface area contributed by atoms with E-state index in [2.05, 4.69) is 22.0 Å². The molecule has 0 aromatic carbocycles. The van der Waals surface area contributed by atoms with Crippen LogP contribution in [0.25, 0.3) is 5.78 Å². The zero-order valence-corrected chi connectivity index (χ0v) is 6.23. The van der Waals surface area contributed by atoms with Crippen LogP contribution in [0.2, 0.25) is 0 Å². The highest BCUT2D eigenvalue weighted by Crippen LogP contribution is 1.98. The third-order valence-corrected chi connectivity index (χ3v) is 1.60. The van der Waals surface area contributed by atoms with E-state index in [1.807, 2.05) is 12.4 Å². The van der Waals surface area contributed by atoms with Gasteiger partial charge in [0.25, 0.3) is 5.78 Å². The Kier molecular flexibility index (Phi) is 1.31. The Morgan fingerprint density at radius 3 is 3.18 bits per heavy atom. The summed E-state index contributed by atoms with van der Waals surface area (Å²) in [6, 6.07) is 0. The molecule has 0 spiro atoms. The Balaban J connectivity index is 2.67. The van der Waals surface area contributed by atoms with Crippen LogP contribution in [0.5, 0.6) is 0 Å². The highest BCUT2D eigenvalue weighted by atomic mass is 15.3. The lowest BCUT2D eigenvalue weighted by atomic mass is 10.3. The molecule has 2 heterocycles. The monoisotopic (exact) mass is 148 g/mol. The van der Waals surface area contributed by atoms with Gasteiger partial charge in [-0.05, 0) is 12.0 Å². The molecule has 0 aliphatic rings. The van der Waals surface area contributed by atoms with Gasteiger partial charge in [-0.25, -0.2) is 9.50 Å². The predicted molar refractivity (Wildman–Crippen MR) is 40.2 cm³/mol. The molecule has 0 amide bonds. The maximum Gasteiger partial charge on any atom is 0.252 e. The highest BCUT2D eigenvalue weighted by Gasteiger charge is 1.95. The fourth-order valence-electron chi connectivity index (χ4n) is 0.941. The van der Waals surface area contributed by atoms with E-state index in [4.69, 9.17) is 0 Å². The summed E-state index contributed by atoms with van der Waals surface area (Å²) in [5.41, 5.74) is 1.17. The van der Waals surface area contributed by atoms with Crippen molar-refractivity contribution >= 4 is 5.78 Å². The summed E-state index contributed by atoms with van der Waals surface area (Å²) in [5.74, 6) is 0.655. The Bertz CT molecular complexity index is 365. The maximum atomic E-state index is 4.10. The van der Waals surface area contributed by atoms with Crippen LogP contribution in [0.4, 0.5) is 0 Å². The summed E-state index contributed by atoms with van der Waals surface area (Å²) in [5, 5.41) is 3.97. The van der Waals surface area contributed by atoms with Gasteiger partial charge in [0.1, 0.15) is 6.33 Å². The molecule has 4 heteroatoms. The first-order valence-electron chi connectivity index (χ1n) is 3.54. The van der Waals surface area contributed by atoms with Gasteiger partial charge in [-0.2, -0.15) is 10.1 Å². The number of aromatic nitrogens is 4. The molecule has 0 radical (unpaired) electrons. The minimum absolute atomic E-state index is 0.655. The molecule has 11 heavy (non-hydrogen) atoms. The number of aryl methyl sites for hydroxylation is 1. The van der Waals surface area contributed by atoms with Crippen LogP contribution in [0.15, 0.2) is 18.7 Å². The number of fused-ring (bicyclic) bond motifs is 1. The Morgan fingerprint density at radius 2 is 2.36 bits per heavy atom. The predicted octanol–water partition coefficient (Wildman–Crippen LogP) is 0.687. The van der Waals surface area contributed by atoms with Crippen LogP contribution in [0, 0.1) is 0 Å². The van der Waals surface area contributed by atoms with E-state index in [0.717, 1.165) is 6.42 Å². The molecule has 0 N–H and O–H groups in total. The number of rotatable bonds is 1. The first-order valence-corrected chi connectivity index (χ1v) is 3.54. The SMILES string of the molecule is CCc1cnc2ncnn2c1. The van der Waals surface area contributed by atoms with Crippen molar-refractivity contribution < 1.29 is 0 Å². The quantitative estimate of drug-likeness (QED) is 0.597. The second-order valence-corrected chi connectivity index (χ2v) is 2.32. The molecule has 2 aromatic rings. The summed E-state index contributed by atoms with van der Waals surface area (Å²) >= 11 is 0. The fourth-order valence-corrected chi connectivity index (χ4v) is 0.941. The summed E-state index contributed by atoms with van der Waals surface area (Å²) in [7, 11) is 0. The maximum absolute atomic E-state index is 4.10. The molecule has 2 aromatic heterocycles. The normalized spacial score (nSPS) is 10.6. The molecule has 2 rings (SSSR count). The van der Waals surface area contributed by atoms with Crippen LogP contribution in [-0.4, -0.2) is 19.6 Å². The standard InChI is InChI=1S/C7H8N4/c1-2-6-3-8-7-9-5-10-11(7)4-6/h3-5H,2H2,1H3. The first kappa shape index (κ1) is 6.27. The minimum atomic E-state index is 0.655. The van der Waals surface area contributed by atoms with Crippen LogP contribution >= 0.6 is 0 Å². The zero-order chi connectivity index (χ0) is 7.68. The molecule has 4 nitrogen and oxygen atoms in total. The lowest BCUT2D eigenvalue weighted by Crippen LogP contribution is -1.93. The average molecular weight is 148 g/mol. The molecular weight excluding hydrogens is 140 g/mol. The second kappa shape index (κ2) is 2.30. The third kappa shape index (κ3) is 0.960. The molecule has 0 aliphatic carbocycles. The van der Waals surface area contributed by atoms with Gasteiger partial charge in [0.05, 0.1) is 0 Å². The van der Waals surface area contributed by atoms with Crippen LogP contribution < -0.4 is 0 Å². The van der Waals surface area contributed by atoms with Crippen molar-refractivity contribution in [2.24, 2.45) is 0 Å². The van der Waals surface area contributed by atoms with Gasteiger partial charge in [0.15, 0.2) is 0 Å². The largest absolute Gasteiger partial charge is 0.252 e. The molecule has 0 saturated carbocycles. The Labute approximate surface area is 63.9 Å². The molecular formula is C7H8N4. The highest BCUT2D eigenvalue weighted by molar-refractivity contribution is 5.25. The average Bonchev–Trinajstić information content (AvgIpc) is 2.50. The summed E-state index contributed by atoms with van der Waals surface area (Å²) in [6.07, 6.45) is 6.24. The Hall–Kier alpha value is -1.45. The van der Waals surface area contributed by atoms with Crippen molar-refractivity contribution in [2.45, 2.75) is 13.3 Å². The molecule has 0 bridgehead atoms. The smallest absolute Gasteiger partial charge is 0.219 e. The zero-order valence-electron chi connectivity index (χ0n) is 6.23. The number of hydrogen-bond acceptors (Lipinski definition) is 3. The molecule has 0 unspecified atom stereocenters. The van der Waals surface area contributed by atoms with Gasteiger partial charge in [0, 0.05) is 12.4 Å². The van der Waals surface area contributed by atoms with Crippen LogP contribution in [-0.2, 0) is 6.42 Å². The van der Waals surface area contributed by atoms with Crippen molar-refractivity contribution in [3.8, 4) is 0 Å². The molecule has 0 aliphatic heterocycles. The van der Waals surface area contributed by atoms with E-state index >= 15 is 0 Å². The molecule has 0 saturated heterocycles. The molecule has 0 atom stereocenters. The van der Waals surface area contributed by atoms with E-state index in [9.17, 15) is 0 Å². The molecule has 0 fully saturated rings. The second-order valence-electron chi connectivity index (χ2n) is 2.32. The van der Waals surface area contributed by atoms with Gasteiger partial charge >= 0.3 is 0 Å². The van der Waals surface area contributed by atoms with Crippen molar-refractivity contribution in [1.29, 1.82) is 0 Å². The van der Waals surface area contributed by atoms with Gasteiger partial charge in [-0.1, -0.05) is 6.92 Å². The van der Waals surface area contributed by atoms with Crippen molar-refractivity contribution in [3.05, 3.63) is 24.3 Å². The van der Waals surface area contributed by atoms with Crippen molar-refractivity contribution in [3.63, 3.8) is 0 Å². The van der Waals surface area contributed by atoms with Crippen molar-refractivity contribution in [2.75, 3.05) is 0 Å². The topological polar surface area (TPSA) is 43.1 Å². The van der Waals surface area contributed by atoms with Crippen LogP contribution in [0.3, 0.4) is 0 Å². The number of hydrogen-bond donors (Lipinski definition) is 0. The molecule has 56 valence electrons. The summed E-state index contributed by atoms with van der Waals surface area (Å²) < 4.78 is 1.68.